The maximum atomic E-state index is 5.28. The number of nitrogens with zero attached hydrogens (tertiary/aromatic N) is 2. The van der Waals surface area contributed by atoms with Gasteiger partial charge in [-0.2, -0.15) is 0 Å². The predicted molar refractivity (Wildman–Crippen MR) is 83.4 cm³/mol. The van der Waals surface area contributed by atoms with Gasteiger partial charge in [-0.05, 0) is 32.2 Å². The van der Waals surface area contributed by atoms with Crippen molar-refractivity contribution in [1.29, 1.82) is 0 Å². The van der Waals surface area contributed by atoms with Gasteiger partial charge in [0.25, 0.3) is 0 Å². The molecule has 0 amide bonds. The van der Waals surface area contributed by atoms with Crippen LogP contribution in [0.3, 0.4) is 0 Å². The van der Waals surface area contributed by atoms with Crippen molar-refractivity contribution >= 4 is 5.82 Å². The summed E-state index contributed by atoms with van der Waals surface area (Å²) in [6.07, 6.45) is 7.84. The van der Waals surface area contributed by atoms with Gasteiger partial charge in [-0.25, -0.2) is 9.97 Å². The Labute approximate surface area is 126 Å². The van der Waals surface area contributed by atoms with Gasteiger partial charge < -0.3 is 15.4 Å². The molecule has 0 saturated carbocycles. The van der Waals surface area contributed by atoms with Gasteiger partial charge in [0.05, 0.1) is 13.2 Å². The lowest BCUT2D eigenvalue weighted by Gasteiger charge is -2.38. The second kappa shape index (κ2) is 6.71. The molecule has 0 radical (unpaired) electrons. The molecule has 3 heterocycles. The second-order valence-electron chi connectivity index (χ2n) is 6.74. The van der Waals surface area contributed by atoms with E-state index >= 15 is 0 Å². The predicted octanol–water partition coefficient (Wildman–Crippen LogP) is 2.00. The summed E-state index contributed by atoms with van der Waals surface area (Å²) in [7, 11) is 0. The Hall–Kier alpha value is -1.20. The van der Waals surface area contributed by atoms with Crippen molar-refractivity contribution in [2.45, 2.75) is 45.1 Å². The molecule has 2 aliphatic rings. The number of piperidine rings is 1. The molecule has 2 saturated heterocycles. The summed E-state index contributed by atoms with van der Waals surface area (Å²) in [6.45, 7) is 5.99. The highest BCUT2D eigenvalue weighted by molar-refractivity contribution is 5.35. The van der Waals surface area contributed by atoms with E-state index in [2.05, 4.69) is 33.6 Å². The van der Waals surface area contributed by atoms with Gasteiger partial charge in [0.1, 0.15) is 12.1 Å². The topological polar surface area (TPSA) is 59.1 Å². The molecule has 3 rings (SSSR count). The molecule has 2 fully saturated rings. The summed E-state index contributed by atoms with van der Waals surface area (Å²) < 4.78 is 5.28. The standard InChI is InChI=1S/C16H26N4O/c1-16(10-21-11-16)9-18-15-8-14(19-12-20-15)6-5-13-4-2-3-7-17-13/h8,12-13,17H,2-7,9-11H2,1H3,(H,18,19,20)/t13-/m1/s1. The smallest absolute Gasteiger partial charge is 0.129 e. The van der Waals surface area contributed by atoms with Gasteiger partial charge in [-0.3, -0.25) is 0 Å². The molecule has 1 aromatic rings. The molecule has 2 N–H and O–H groups in total. The number of hydrogen-bond acceptors (Lipinski definition) is 5. The molecule has 5 nitrogen and oxygen atoms in total. The van der Waals surface area contributed by atoms with Crippen LogP contribution in [0.4, 0.5) is 5.82 Å². The first-order valence-corrected chi connectivity index (χ1v) is 8.09. The average molecular weight is 290 g/mol. The lowest BCUT2D eigenvalue weighted by molar-refractivity contribution is -0.0924. The fraction of sp³-hybridized carbons (Fsp3) is 0.750. The van der Waals surface area contributed by atoms with Crippen molar-refractivity contribution in [3.05, 3.63) is 18.1 Å². The number of nitrogens with one attached hydrogen (secondary N) is 2. The van der Waals surface area contributed by atoms with E-state index in [4.69, 9.17) is 4.74 Å². The minimum Gasteiger partial charge on any atom is -0.380 e. The van der Waals surface area contributed by atoms with Crippen LogP contribution in [0.2, 0.25) is 0 Å². The van der Waals surface area contributed by atoms with Crippen molar-refractivity contribution in [3.8, 4) is 0 Å². The molecule has 0 bridgehead atoms. The van der Waals surface area contributed by atoms with Crippen LogP contribution in [-0.2, 0) is 11.2 Å². The molecule has 1 aromatic heterocycles. The lowest BCUT2D eigenvalue weighted by Crippen LogP contribution is -2.45. The van der Waals surface area contributed by atoms with E-state index in [1.165, 1.54) is 32.2 Å². The van der Waals surface area contributed by atoms with Crippen molar-refractivity contribution in [3.63, 3.8) is 0 Å². The zero-order valence-electron chi connectivity index (χ0n) is 12.9. The van der Waals surface area contributed by atoms with Crippen LogP contribution in [0.15, 0.2) is 12.4 Å². The van der Waals surface area contributed by atoms with E-state index in [1.807, 2.05) is 0 Å². The zero-order chi connectivity index (χ0) is 14.5. The van der Waals surface area contributed by atoms with E-state index in [1.54, 1.807) is 6.33 Å². The third kappa shape index (κ3) is 4.14. The minimum atomic E-state index is 0.261. The van der Waals surface area contributed by atoms with Crippen LogP contribution in [0.5, 0.6) is 0 Å². The Kier molecular flexibility index (Phi) is 4.70. The summed E-state index contributed by atoms with van der Waals surface area (Å²) in [5.41, 5.74) is 1.40. The van der Waals surface area contributed by atoms with Gasteiger partial charge >= 0.3 is 0 Å². The molecule has 116 valence electrons. The fourth-order valence-corrected chi connectivity index (χ4v) is 2.98. The SMILES string of the molecule is CC1(CNc2cc(CC[C@H]3CCCCN3)ncn2)COC1. The first-order chi connectivity index (χ1) is 10.2. The number of rotatable bonds is 6. The van der Waals surface area contributed by atoms with Gasteiger partial charge in [0.2, 0.25) is 0 Å². The van der Waals surface area contributed by atoms with Gasteiger partial charge in [0.15, 0.2) is 0 Å². The molecule has 5 heteroatoms. The Morgan fingerprint density at radius 1 is 1.38 bits per heavy atom. The van der Waals surface area contributed by atoms with E-state index in [9.17, 15) is 0 Å². The van der Waals surface area contributed by atoms with Crippen molar-refractivity contribution in [2.75, 3.05) is 31.6 Å². The Morgan fingerprint density at radius 3 is 3.00 bits per heavy atom. The van der Waals surface area contributed by atoms with Crippen molar-refractivity contribution in [2.24, 2.45) is 5.41 Å². The fourth-order valence-electron chi connectivity index (χ4n) is 2.98. The van der Waals surface area contributed by atoms with E-state index in [-0.39, 0.29) is 5.41 Å². The molecule has 0 unspecified atom stereocenters. The van der Waals surface area contributed by atoms with E-state index in [0.717, 1.165) is 37.7 Å². The van der Waals surface area contributed by atoms with Crippen LogP contribution < -0.4 is 10.6 Å². The molecule has 1 atom stereocenters. The molecular weight excluding hydrogens is 264 g/mol. The van der Waals surface area contributed by atoms with Gasteiger partial charge in [-0.15, -0.1) is 0 Å². The summed E-state index contributed by atoms with van der Waals surface area (Å²) in [5.74, 6) is 0.935. The van der Waals surface area contributed by atoms with E-state index < -0.39 is 0 Å². The minimum absolute atomic E-state index is 0.261. The number of ether oxygens (including phenoxy) is 1. The first kappa shape index (κ1) is 14.7. The third-order valence-corrected chi connectivity index (χ3v) is 4.48. The monoisotopic (exact) mass is 290 g/mol. The van der Waals surface area contributed by atoms with Crippen LogP contribution in [-0.4, -0.2) is 42.3 Å². The first-order valence-electron chi connectivity index (χ1n) is 8.09. The zero-order valence-corrected chi connectivity index (χ0v) is 12.9. The quantitative estimate of drug-likeness (QED) is 0.839. The Balaban J connectivity index is 1.48. The van der Waals surface area contributed by atoms with Crippen LogP contribution in [0.1, 0.15) is 38.3 Å². The molecule has 0 spiro atoms. The molecule has 0 aromatic carbocycles. The van der Waals surface area contributed by atoms with Gasteiger partial charge in [-0.1, -0.05) is 13.3 Å². The number of hydrogen-bond donors (Lipinski definition) is 2. The normalized spacial score (nSPS) is 24.3. The summed E-state index contributed by atoms with van der Waals surface area (Å²) in [5, 5.41) is 7.01. The highest BCUT2D eigenvalue weighted by Crippen LogP contribution is 2.26. The third-order valence-electron chi connectivity index (χ3n) is 4.48. The molecule has 21 heavy (non-hydrogen) atoms. The molecule has 2 aliphatic heterocycles. The number of aromatic nitrogens is 2. The lowest BCUT2D eigenvalue weighted by atomic mass is 9.89. The van der Waals surface area contributed by atoms with E-state index in [0.29, 0.717) is 6.04 Å². The Morgan fingerprint density at radius 2 is 2.29 bits per heavy atom. The van der Waals surface area contributed by atoms with Crippen LogP contribution in [0, 0.1) is 5.41 Å². The van der Waals surface area contributed by atoms with Crippen molar-refractivity contribution < 1.29 is 4.74 Å². The second-order valence-corrected chi connectivity index (χ2v) is 6.74. The molecule has 0 aliphatic carbocycles. The highest BCUT2D eigenvalue weighted by Gasteiger charge is 2.33. The maximum Gasteiger partial charge on any atom is 0.129 e. The number of anilines is 1. The van der Waals surface area contributed by atoms with Crippen LogP contribution >= 0.6 is 0 Å². The summed E-state index contributed by atoms with van der Waals surface area (Å²) >= 11 is 0. The summed E-state index contributed by atoms with van der Waals surface area (Å²) in [4.78, 5) is 8.72. The Bertz CT molecular complexity index is 455. The van der Waals surface area contributed by atoms with Gasteiger partial charge in [0, 0.05) is 29.8 Å². The number of aryl methyl sites for hydroxylation is 1. The van der Waals surface area contributed by atoms with Crippen molar-refractivity contribution in [1.82, 2.24) is 15.3 Å². The average Bonchev–Trinajstić information content (AvgIpc) is 2.51. The highest BCUT2D eigenvalue weighted by atomic mass is 16.5. The molecular formula is C16H26N4O. The summed E-state index contributed by atoms with van der Waals surface area (Å²) in [6, 6.07) is 2.75. The van der Waals surface area contributed by atoms with Crippen LogP contribution in [0.25, 0.3) is 0 Å². The largest absolute Gasteiger partial charge is 0.380 e. The maximum absolute atomic E-state index is 5.28.